The van der Waals surface area contributed by atoms with Gasteiger partial charge in [0.15, 0.2) is 0 Å². The predicted octanol–water partition coefficient (Wildman–Crippen LogP) is 2.82. The first-order valence-electron chi connectivity index (χ1n) is 7.48. The average Bonchev–Trinajstić information content (AvgIpc) is 2.70. The molecule has 1 amide bonds. The van der Waals surface area contributed by atoms with E-state index in [1.54, 1.807) is 6.92 Å². The van der Waals surface area contributed by atoms with E-state index in [9.17, 15) is 4.79 Å². The molecular weight excluding hydrogens is 210 g/mol. The summed E-state index contributed by atoms with van der Waals surface area (Å²) in [6.07, 6.45) is 9.77. The van der Waals surface area contributed by atoms with E-state index in [2.05, 4.69) is 4.90 Å². The Labute approximate surface area is 104 Å². The van der Waals surface area contributed by atoms with Crippen molar-refractivity contribution >= 4 is 5.91 Å². The fourth-order valence-electron chi connectivity index (χ4n) is 6.16. The highest BCUT2D eigenvalue weighted by molar-refractivity contribution is 5.74. The van der Waals surface area contributed by atoms with E-state index in [-0.39, 0.29) is 0 Å². The van der Waals surface area contributed by atoms with Gasteiger partial charge in [0.2, 0.25) is 5.91 Å². The molecule has 5 rings (SSSR count). The fourth-order valence-corrected chi connectivity index (χ4v) is 6.16. The van der Waals surface area contributed by atoms with Crippen molar-refractivity contribution in [3.05, 3.63) is 0 Å². The zero-order valence-corrected chi connectivity index (χ0v) is 10.8. The third-order valence-corrected chi connectivity index (χ3v) is 6.39. The van der Waals surface area contributed by atoms with Crippen LogP contribution in [0.1, 0.15) is 51.9 Å². The average molecular weight is 233 g/mol. The lowest BCUT2D eigenvalue weighted by Crippen LogP contribution is -2.64. The summed E-state index contributed by atoms with van der Waals surface area (Å²) >= 11 is 0. The first-order valence-corrected chi connectivity index (χ1v) is 7.48. The molecule has 0 radical (unpaired) electrons. The molecule has 1 spiro atoms. The number of carbonyl (C=O) groups excluding carboxylic acids is 1. The number of hydrogen-bond acceptors (Lipinski definition) is 1. The molecule has 17 heavy (non-hydrogen) atoms. The summed E-state index contributed by atoms with van der Waals surface area (Å²) < 4.78 is 0. The Kier molecular flexibility index (Phi) is 2.00. The van der Waals surface area contributed by atoms with Gasteiger partial charge in [-0.1, -0.05) is 0 Å². The summed E-state index contributed by atoms with van der Waals surface area (Å²) in [7, 11) is 0. The minimum atomic E-state index is 0.319. The number of rotatable bonds is 0. The smallest absolute Gasteiger partial charge is 0.219 e. The van der Waals surface area contributed by atoms with Crippen molar-refractivity contribution in [1.29, 1.82) is 0 Å². The summed E-state index contributed by atoms with van der Waals surface area (Å²) in [4.78, 5) is 14.3. The number of amides is 1. The maximum absolute atomic E-state index is 12.0. The van der Waals surface area contributed by atoms with E-state index in [0.29, 0.717) is 11.4 Å². The minimum absolute atomic E-state index is 0.319. The zero-order valence-electron chi connectivity index (χ0n) is 10.8. The highest BCUT2D eigenvalue weighted by Crippen LogP contribution is 2.62. The molecule has 4 aliphatic carbocycles. The number of likely N-dealkylation sites (tertiary alicyclic amines) is 1. The Morgan fingerprint density at radius 2 is 1.65 bits per heavy atom. The third kappa shape index (κ3) is 1.19. The molecule has 1 saturated heterocycles. The second-order valence-electron chi connectivity index (χ2n) is 7.07. The highest BCUT2D eigenvalue weighted by atomic mass is 16.2. The SMILES string of the molecule is CC(=O)N1CCCC12C1CC3CC(C1)CC2C3. The molecule has 5 fully saturated rings. The summed E-state index contributed by atoms with van der Waals surface area (Å²) in [6.45, 7) is 2.83. The lowest BCUT2D eigenvalue weighted by Gasteiger charge is -2.62. The summed E-state index contributed by atoms with van der Waals surface area (Å²) in [6, 6.07) is 0. The van der Waals surface area contributed by atoms with Gasteiger partial charge in [-0.15, -0.1) is 0 Å². The molecule has 0 aromatic carbocycles. The lowest BCUT2D eigenvalue weighted by molar-refractivity contribution is -0.155. The van der Waals surface area contributed by atoms with E-state index in [4.69, 9.17) is 0 Å². The van der Waals surface area contributed by atoms with Crippen molar-refractivity contribution < 1.29 is 4.79 Å². The Morgan fingerprint density at radius 1 is 1.06 bits per heavy atom. The molecule has 1 aliphatic heterocycles. The summed E-state index contributed by atoms with van der Waals surface area (Å²) in [5.74, 6) is 4.07. The van der Waals surface area contributed by atoms with Crippen molar-refractivity contribution in [3.8, 4) is 0 Å². The van der Waals surface area contributed by atoms with Crippen LogP contribution < -0.4 is 0 Å². The van der Waals surface area contributed by atoms with Crippen molar-refractivity contribution in [2.75, 3.05) is 6.54 Å². The van der Waals surface area contributed by atoms with Crippen molar-refractivity contribution in [3.63, 3.8) is 0 Å². The van der Waals surface area contributed by atoms with Crippen LogP contribution in [0.15, 0.2) is 0 Å². The van der Waals surface area contributed by atoms with E-state index >= 15 is 0 Å². The van der Waals surface area contributed by atoms with Crippen molar-refractivity contribution in [1.82, 2.24) is 4.90 Å². The quantitative estimate of drug-likeness (QED) is 0.630. The van der Waals surface area contributed by atoms with Crippen molar-refractivity contribution in [2.24, 2.45) is 23.7 Å². The topological polar surface area (TPSA) is 20.3 Å². The Balaban J connectivity index is 1.75. The molecule has 2 heteroatoms. The van der Waals surface area contributed by atoms with Crippen LogP contribution in [-0.2, 0) is 4.79 Å². The molecule has 0 aromatic heterocycles. The summed E-state index contributed by atoms with van der Waals surface area (Å²) in [5, 5.41) is 0. The van der Waals surface area contributed by atoms with E-state index in [1.807, 2.05) is 0 Å². The van der Waals surface area contributed by atoms with Gasteiger partial charge >= 0.3 is 0 Å². The first kappa shape index (κ1) is 10.4. The largest absolute Gasteiger partial charge is 0.337 e. The van der Waals surface area contributed by atoms with Gasteiger partial charge in [-0.2, -0.15) is 0 Å². The molecule has 0 N–H and O–H groups in total. The van der Waals surface area contributed by atoms with Crippen LogP contribution in [0.2, 0.25) is 0 Å². The molecule has 2 nitrogen and oxygen atoms in total. The monoisotopic (exact) mass is 233 g/mol. The van der Waals surface area contributed by atoms with Crippen LogP contribution in [0.4, 0.5) is 0 Å². The standard InChI is InChI=1S/C15H23NO/c1-10(17)16-4-2-3-15(16)13-6-11-5-12(8-13)9-14(15)7-11/h11-14H,2-9H2,1H3. The third-order valence-electron chi connectivity index (χ3n) is 6.39. The molecule has 0 unspecified atom stereocenters. The molecular formula is C15H23NO. The van der Waals surface area contributed by atoms with Gasteiger partial charge in [0.25, 0.3) is 0 Å². The van der Waals surface area contributed by atoms with Gasteiger partial charge in [-0.3, -0.25) is 4.79 Å². The normalized spacial score (nSPS) is 51.5. The maximum Gasteiger partial charge on any atom is 0.219 e. The lowest BCUT2D eigenvalue weighted by atomic mass is 9.48. The molecule has 5 aliphatic rings. The molecule has 4 saturated carbocycles. The van der Waals surface area contributed by atoms with E-state index < -0.39 is 0 Å². The van der Waals surface area contributed by atoms with Crippen LogP contribution >= 0.6 is 0 Å². The molecule has 1 heterocycles. The van der Waals surface area contributed by atoms with Gasteiger partial charge in [-0.05, 0) is 68.6 Å². The van der Waals surface area contributed by atoms with Gasteiger partial charge in [0.05, 0.1) is 0 Å². The highest BCUT2D eigenvalue weighted by Gasteiger charge is 2.61. The fraction of sp³-hybridized carbons (Fsp3) is 0.933. The second-order valence-corrected chi connectivity index (χ2v) is 7.07. The van der Waals surface area contributed by atoms with Crippen LogP contribution in [0, 0.1) is 23.7 Å². The van der Waals surface area contributed by atoms with E-state index in [0.717, 1.165) is 30.2 Å². The van der Waals surface area contributed by atoms with Gasteiger partial charge in [0.1, 0.15) is 0 Å². The number of carbonyl (C=O) groups is 1. The Hall–Kier alpha value is -0.530. The van der Waals surface area contributed by atoms with Gasteiger partial charge in [-0.25, -0.2) is 0 Å². The number of nitrogens with zero attached hydrogens (tertiary/aromatic N) is 1. The first-order chi connectivity index (χ1) is 8.20. The maximum atomic E-state index is 12.0. The summed E-state index contributed by atoms with van der Waals surface area (Å²) in [5.41, 5.74) is 0.319. The van der Waals surface area contributed by atoms with Crippen LogP contribution in [0.3, 0.4) is 0 Å². The van der Waals surface area contributed by atoms with Gasteiger partial charge < -0.3 is 4.90 Å². The van der Waals surface area contributed by atoms with Crippen molar-refractivity contribution in [2.45, 2.75) is 57.4 Å². The molecule has 94 valence electrons. The van der Waals surface area contributed by atoms with Crippen LogP contribution in [0.5, 0.6) is 0 Å². The Morgan fingerprint density at radius 3 is 2.18 bits per heavy atom. The molecule has 4 bridgehead atoms. The minimum Gasteiger partial charge on any atom is -0.337 e. The van der Waals surface area contributed by atoms with Crippen LogP contribution in [0.25, 0.3) is 0 Å². The molecule has 0 atom stereocenters. The second kappa shape index (κ2) is 3.27. The predicted molar refractivity (Wildman–Crippen MR) is 66.4 cm³/mol. The number of hydrogen-bond donors (Lipinski definition) is 0. The van der Waals surface area contributed by atoms with Gasteiger partial charge in [0, 0.05) is 19.0 Å². The Bertz CT molecular complexity index is 334. The molecule has 0 aromatic rings. The zero-order chi connectivity index (χ0) is 11.6. The van der Waals surface area contributed by atoms with E-state index in [1.165, 1.54) is 44.9 Å². The van der Waals surface area contributed by atoms with Crippen LogP contribution in [-0.4, -0.2) is 22.9 Å².